The van der Waals surface area contributed by atoms with Crippen LogP contribution in [0.3, 0.4) is 0 Å². The number of aromatic nitrogens is 1. The van der Waals surface area contributed by atoms with Gasteiger partial charge in [-0.25, -0.2) is 0 Å². The Morgan fingerprint density at radius 1 is 1.11 bits per heavy atom. The Morgan fingerprint density at radius 2 is 1.89 bits per heavy atom. The minimum absolute atomic E-state index is 0. The van der Waals surface area contributed by atoms with Gasteiger partial charge in [0.05, 0.1) is 0 Å². The largest absolute Gasteiger partial charge is 0.360 e. The molecule has 0 aliphatic carbocycles. The van der Waals surface area contributed by atoms with Crippen LogP contribution in [0.4, 0.5) is 0 Å². The van der Waals surface area contributed by atoms with Crippen molar-refractivity contribution in [3.05, 3.63) is 77.0 Å². The molecule has 5 heteroatoms. The van der Waals surface area contributed by atoms with E-state index in [0.717, 1.165) is 36.3 Å². The zero-order chi connectivity index (χ0) is 20.9. The van der Waals surface area contributed by atoms with Gasteiger partial charge < -0.3 is 4.52 Å². The van der Waals surface area contributed by atoms with Gasteiger partial charge in [-0.2, -0.15) is 0 Å². The molecular formula is C23H24Cl2N2O. The molecule has 3 heterocycles. The molecule has 3 aromatic rings. The number of fused-ring (bicyclic) bond motifs is 2. The molecule has 0 N–H and O–H groups in total. The quantitative estimate of drug-likeness (QED) is 0.511. The summed E-state index contributed by atoms with van der Waals surface area (Å²) in [5, 5.41) is 5.02. The molecule has 3 nitrogen and oxygen atoms in total. The number of benzene rings is 2. The Morgan fingerprint density at radius 3 is 2.64 bits per heavy atom. The Balaban J connectivity index is 0.00000231. The van der Waals surface area contributed by atoms with Crippen LogP contribution < -0.4 is 0 Å². The first kappa shape index (κ1) is 16.0. The van der Waals surface area contributed by atoms with Gasteiger partial charge in [0.15, 0.2) is 0 Å². The van der Waals surface area contributed by atoms with Gasteiger partial charge in [-0.1, -0.05) is 59.2 Å². The lowest BCUT2D eigenvalue weighted by molar-refractivity contribution is 0.122. The third kappa shape index (κ3) is 3.36. The molecule has 5 rings (SSSR count). The van der Waals surface area contributed by atoms with E-state index in [9.17, 15) is 0 Å². The average Bonchev–Trinajstić information content (AvgIpc) is 3.34. The van der Waals surface area contributed by atoms with Crippen LogP contribution >= 0.6 is 24.0 Å². The number of piperidine rings is 1. The number of hydrogen-bond donors (Lipinski definition) is 0. The van der Waals surface area contributed by atoms with Crippen LogP contribution in [0.15, 0.2) is 65.2 Å². The summed E-state index contributed by atoms with van der Waals surface area (Å²) < 4.78 is 30.2. The molecule has 0 radical (unpaired) electrons. The summed E-state index contributed by atoms with van der Waals surface area (Å²) in [5.41, 5.74) is 2.94. The van der Waals surface area contributed by atoms with Gasteiger partial charge in [-0.15, -0.1) is 12.4 Å². The minimum atomic E-state index is -2.11. The van der Waals surface area contributed by atoms with Crippen LogP contribution in [0.2, 0.25) is 5.02 Å². The predicted octanol–water partition coefficient (Wildman–Crippen LogP) is 6.15. The van der Waals surface area contributed by atoms with Crippen LogP contribution in [0, 0.1) is 0 Å². The van der Waals surface area contributed by atoms with Gasteiger partial charge in [-0.3, -0.25) is 4.90 Å². The second-order valence-corrected chi connectivity index (χ2v) is 8.04. The van der Waals surface area contributed by atoms with E-state index in [1.54, 1.807) is 4.90 Å². The van der Waals surface area contributed by atoms with Crippen LogP contribution in [-0.2, 0) is 0 Å². The molecular weight excluding hydrogens is 391 g/mol. The van der Waals surface area contributed by atoms with E-state index in [1.807, 2.05) is 48.5 Å². The van der Waals surface area contributed by atoms with Gasteiger partial charge >= 0.3 is 0 Å². The zero-order valence-electron chi connectivity index (χ0n) is 18.3. The number of hydrogen-bond acceptors (Lipinski definition) is 3. The van der Waals surface area contributed by atoms with Crippen molar-refractivity contribution in [1.29, 1.82) is 0 Å². The molecule has 0 amide bonds. The molecule has 4 atom stereocenters. The van der Waals surface area contributed by atoms with Crippen molar-refractivity contribution in [3.8, 4) is 11.3 Å². The van der Waals surface area contributed by atoms with Gasteiger partial charge in [0.2, 0.25) is 0 Å². The van der Waals surface area contributed by atoms with Crippen molar-refractivity contribution < 1.29 is 8.64 Å². The maximum absolute atomic E-state index is 8.11. The summed E-state index contributed by atoms with van der Waals surface area (Å²) in [4.78, 5) is 1.74. The smallest absolute Gasteiger partial charge is 0.142 e. The summed E-state index contributed by atoms with van der Waals surface area (Å²) >= 11 is 6.12. The van der Waals surface area contributed by atoms with Crippen LogP contribution in [0.5, 0.6) is 0 Å². The lowest BCUT2D eigenvalue weighted by atomic mass is 9.75. The summed E-state index contributed by atoms with van der Waals surface area (Å²) in [6, 6.07) is 19.8. The lowest BCUT2D eigenvalue weighted by Crippen LogP contribution is -2.44. The van der Waals surface area contributed by atoms with E-state index in [-0.39, 0.29) is 36.3 Å². The van der Waals surface area contributed by atoms with Crippen molar-refractivity contribution >= 4 is 24.0 Å². The number of nitrogens with zero attached hydrogens (tertiary/aromatic N) is 2. The highest BCUT2D eigenvalue weighted by Crippen LogP contribution is 2.51. The molecule has 2 fully saturated rings. The fourth-order valence-electron chi connectivity index (χ4n) is 4.84. The Bertz CT molecular complexity index is 1020. The van der Waals surface area contributed by atoms with Gasteiger partial charge in [0.1, 0.15) is 11.5 Å². The first-order valence-electron chi connectivity index (χ1n) is 11.0. The lowest BCUT2D eigenvalue weighted by Gasteiger charge is -2.42. The molecule has 2 bridgehead atoms. The van der Waals surface area contributed by atoms with Crippen molar-refractivity contribution in [3.63, 3.8) is 0 Å². The standard InChI is InChI=1S/C23H23ClN2O.ClH/c1-26-18-11-12-21(26)23(19(13-18)15-7-9-17(24)10-8-15)22-14-20(25-27-22)16-5-3-2-4-6-16;/h2-10,14,18-19,21,23H,11-13H2,1H3;1H/t18-,19+,21+,23-;/m0./s1/i1D3;. The highest BCUT2D eigenvalue weighted by atomic mass is 35.5. The van der Waals surface area contributed by atoms with Gasteiger partial charge in [0, 0.05) is 38.8 Å². The van der Waals surface area contributed by atoms with Gasteiger partial charge in [-0.05, 0) is 49.9 Å². The van der Waals surface area contributed by atoms with Gasteiger partial charge in [0.25, 0.3) is 0 Å². The maximum Gasteiger partial charge on any atom is 0.142 e. The van der Waals surface area contributed by atoms with Crippen molar-refractivity contribution in [2.45, 2.75) is 43.2 Å². The fraction of sp³-hybridized carbons (Fsp3) is 0.348. The number of halogens is 2. The van der Waals surface area contributed by atoms with Crippen molar-refractivity contribution in [2.75, 3.05) is 6.98 Å². The highest BCUT2D eigenvalue weighted by molar-refractivity contribution is 6.30. The molecule has 2 aliphatic rings. The number of likely N-dealkylation sites (N-methyl/N-ethyl adjacent to an activating group) is 1. The minimum Gasteiger partial charge on any atom is -0.360 e. The fourth-order valence-corrected chi connectivity index (χ4v) is 4.96. The van der Waals surface area contributed by atoms with Crippen molar-refractivity contribution in [1.82, 2.24) is 10.1 Å². The zero-order valence-corrected chi connectivity index (χ0v) is 16.9. The molecule has 146 valence electrons. The van der Waals surface area contributed by atoms with E-state index in [4.69, 9.17) is 20.2 Å². The molecule has 28 heavy (non-hydrogen) atoms. The molecule has 0 spiro atoms. The molecule has 2 aliphatic heterocycles. The molecule has 2 aromatic carbocycles. The summed E-state index contributed by atoms with van der Waals surface area (Å²) in [6.07, 6.45) is 2.52. The maximum atomic E-state index is 8.11. The first-order chi connectivity index (χ1) is 14.4. The molecule has 0 saturated carbocycles. The van der Waals surface area contributed by atoms with Crippen LogP contribution in [-0.4, -0.2) is 29.1 Å². The Kier molecular flexibility index (Phi) is 4.53. The molecule has 0 unspecified atom stereocenters. The van der Waals surface area contributed by atoms with Crippen LogP contribution in [0.25, 0.3) is 11.3 Å². The van der Waals surface area contributed by atoms with Crippen molar-refractivity contribution in [2.24, 2.45) is 0 Å². The topological polar surface area (TPSA) is 29.3 Å². The van der Waals surface area contributed by atoms with E-state index >= 15 is 0 Å². The summed E-state index contributed by atoms with van der Waals surface area (Å²) in [7, 11) is 0. The first-order valence-corrected chi connectivity index (χ1v) is 9.85. The third-order valence-corrected chi connectivity index (χ3v) is 6.40. The SMILES string of the molecule is Cl.[2H]C([2H])([2H])N1[C@H]2CC[C@@H]1[C@@H](c1cc(-c3ccccc3)no1)[C@@H](c1ccc(Cl)cc1)C2. The van der Waals surface area contributed by atoms with E-state index in [2.05, 4.69) is 17.3 Å². The van der Waals surface area contributed by atoms with E-state index < -0.39 is 6.98 Å². The second-order valence-electron chi connectivity index (χ2n) is 7.61. The molecule has 2 saturated heterocycles. The third-order valence-electron chi connectivity index (χ3n) is 6.15. The Hall–Kier alpha value is -1.81. The predicted molar refractivity (Wildman–Crippen MR) is 115 cm³/mol. The number of rotatable bonds is 3. The monoisotopic (exact) mass is 417 g/mol. The average molecular weight is 418 g/mol. The van der Waals surface area contributed by atoms with E-state index in [0.29, 0.717) is 5.02 Å². The molecule has 1 aromatic heterocycles. The Labute approximate surface area is 181 Å². The normalized spacial score (nSPS) is 28.8. The second kappa shape index (κ2) is 7.90. The van der Waals surface area contributed by atoms with E-state index in [1.165, 1.54) is 5.56 Å². The summed E-state index contributed by atoms with van der Waals surface area (Å²) in [5.74, 6) is 0.846. The summed E-state index contributed by atoms with van der Waals surface area (Å²) in [6.45, 7) is -2.11. The van der Waals surface area contributed by atoms with Crippen LogP contribution in [0.1, 0.15) is 46.5 Å². The highest BCUT2D eigenvalue weighted by Gasteiger charge is 2.48.